The second-order valence-electron chi connectivity index (χ2n) is 5.13. The third-order valence-corrected chi connectivity index (χ3v) is 4.69. The number of aryl methyl sites for hydroxylation is 1. The maximum Gasteiger partial charge on any atom is 0.337 e. The van der Waals surface area contributed by atoms with E-state index in [1.807, 2.05) is 19.1 Å². The predicted molar refractivity (Wildman–Crippen MR) is 91.7 cm³/mol. The zero-order valence-electron chi connectivity index (χ0n) is 12.6. The average molecular weight is 311 g/mol. The van der Waals surface area contributed by atoms with Crippen molar-refractivity contribution in [2.75, 3.05) is 12.4 Å². The largest absolute Gasteiger partial charge is 0.465 e. The van der Waals surface area contributed by atoms with Gasteiger partial charge in [0.25, 0.3) is 0 Å². The van der Waals surface area contributed by atoms with Gasteiger partial charge < -0.3 is 10.1 Å². The third-order valence-electron chi connectivity index (χ3n) is 3.68. The molecule has 0 radical (unpaired) electrons. The number of fused-ring (bicyclic) bond motifs is 1. The van der Waals surface area contributed by atoms with Gasteiger partial charge in [-0.05, 0) is 53.1 Å². The summed E-state index contributed by atoms with van der Waals surface area (Å²) in [7, 11) is 1.39. The molecule has 0 unspecified atom stereocenters. The van der Waals surface area contributed by atoms with E-state index in [0.29, 0.717) is 5.56 Å². The molecule has 0 fully saturated rings. The molecule has 0 aliphatic carbocycles. The van der Waals surface area contributed by atoms with E-state index in [9.17, 15) is 4.79 Å². The molecule has 0 saturated carbocycles. The van der Waals surface area contributed by atoms with Crippen molar-refractivity contribution in [2.24, 2.45) is 0 Å². The summed E-state index contributed by atoms with van der Waals surface area (Å²) < 4.78 is 6.04. The third kappa shape index (κ3) is 2.83. The van der Waals surface area contributed by atoms with Gasteiger partial charge in [0.15, 0.2) is 0 Å². The summed E-state index contributed by atoms with van der Waals surface area (Å²) in [5.41, 5.74) is 3.92. The number of rotatable bonds is 4. The number of methoxy groups -OCH3 is 1. The van der Waals surface area contributed by atoms with Crippen LogP contribution in [0.1, 0.15) is 21.5 Å². The predicted octanol–water partition coefficient (Wildman–Crippen LogP) is 4.61. The van der Waals surface area contributed by atoms with E-state index in [1.165, 1.54) is 22.8 Å². The van der Waals surface area contributed by atoms with Gasteiger partial charge in [-0.3, -0.25) is 0 Å². The Morgan fingerprint density at radius 2 is 2.05 bits per heavy atom. The summed E-state index contributed by atoms with van der Waals surface area (Å²) in [5.74, 6) is -0.307. The normalized spacial score (nSPS) is 10.6. The molecule has 0 amide bonds. The topological polar surface area (TPSA) is 38.3 Å². The maximum absolute atomic E-state index is 11.5. The molecule has 0 atom stereocenters. The van der Waals surface area contributed by atoms with Gasteiger partial charge >= 0.3 is 5.97 Å². The molecule has 2 aromatic carbocycles. The van der Waals surface area contributed by atoms with Gasteiger partial charge in [-0.2, -0.15) is 0 Å². The highest BCUT2D eigenvalue weighted by molar-refractivity contribution is 7.17. The zero-order chi connectivity index (χ0) is 15.5. The molecule has 1 aromatic heterocycles. The van der Waals surface area contributed by atoms with Crippen LogP contribution >= 0.6 is 11.3 Å². The molecule has 3 rings (SSSR count). The number of anilines is 1. The van der Waals surface area contributed by atoms with Gasteiger partial charge in [0, 0.05) is 16.9 Å². The van der Waals surface area contributed by atoms with Crippen molar-refractivity contribution in [1.29, 1.82) is 0 Å². The SMILES string of the molecule is COC(=O)c1ccc(NCc2csc3ccccc23)c(C)c1. The fraction of sp³-hybridized carbons (Fsp3) is 0.167. The van der Waals surface area contributed by atoms with Crippen molar-refractivity contribution >= 4 is 33.1 Å². The Morgan fingerprint density at radius 1 is 1.23 bits per heavy atom. The zero-order valence-corrected chi connectivity index (χ0v) is 13.4. The summed E-state index contributed by atoms with van der Waals surface area (Å²) in [5, 5.41) is 6.93. The van der Waals surface area contributed by atoms with Crippen LogP contribution in [0.15, 0.2) is 47.8 Å². The number of carbonyl (C=O) groups is 1. The van der Waals surface area contributed by atoms with E-state index in [1.54, 1.807) is 17.4 Å². The number of hydrogen-bond donors (Lipinski definition) is 1. The van der Waals surface area contributed by atoms with Crippen molar-refractivity contribution in [3.8, 4) is 0 Å². The van der Waals surface area contributed by atoms with Crippen molar-refractivity contribution < 1.29 is 9.53 Å². The fourth-order valence-electron chi connectivity index (χ4n) is 2.47. The summed E-state index contributed by atoms with van der Waals surface area (Å²) in [6.07, 6.45) is 0. The Morgan fingerprint density at radius 3 is 2.82 bits per heavy atom. The fourth-order valence-corrected chi connectivity index (χ4v) is 3.43. The minimum atomic E-state index is -0.307. The molecule has 22 heavy (non-hydrogen) atoms. The van der Waals surface area contributed by atoms with Gasteiger partial charge in [-0.1, -0.05) is 18.2 Å². The summed E-state index contributed by atoms with van der Waals surface area (Å²) in [4.78, 5) is 11.5. The molecule has 1 heterocycles. The van der Waals surface area contributed by atoms with Gasteiger partial charge in [0.2, 0.25) is 0 Å². The quantitative estimate of drug-likeness (QED) is 0.715. The molecule has 112 valence electrons. The molecular weight excluding hydrogens is 294 g/mol. The van der Waals surface area contributed by atoms with Crippen LogP contribution in [-0.4, -0.2) is 13.1 Å². The number of nitrogens with one attached hydrogen (secondary N) is 1. The summed E-state index contributed by atoms with van der Waals surface area (Å²) >= 11 is 1.76. The van der Waals surface area contributed by atoms with Crippen LogP contribution < -0.4 is 5.32 Å². The van der Waals surface area contributed by atoms with Crippen LogP contribution in [0.4, 0.5) is 5.69 Å². The van der Waals surface area contributed by atoms with Crippen LogP contribution in [0.2, 0.25) is 0 Å². The summed E-state index contributed by atoms with van der Waals surface area (Å²) in [6.45, 7) is 2.75. The highest BCUT2D eigenvalue weighted by Crippen LogP contribution is 2.27. The Hall–Kier alpha value is -2.33. The van der Waals surface area contributed by atoms with Gasteiger partial charge in [-0.15, -0.1) is 11.3 Å². The monoisotopic (exact) mass is 311 g/mol. The number of ether oxygens (including phenoxy) is 1. The number of carbonyl (C=O) groups excluding carboxylic acids is 1. The Balaban J connectivity index is 1.78. The van der Waals surface area contributed by atoms with Crippen LogP contribution in [0.25, 0.3) is 10.1 Å². The van der Waals surface area contributed by atoms with Crippen LogP contribution in [0.3, 0.4) is 0 Å². The van der Waals surface area contributed by atoms with E-state index in [-0.39, 0.29) is 5.97 Å². The first-order chi connectivity index (χ1) is 10.7. The summed E-state index contributed by atoms with van der Waals surface area (Å²) in [6, 6.07) is 14.0. The standard InChI is InChI=1S/C18H17NO2S/c1-12-9-13(18(20)21-2)7-8-16(12)19-10-14-11-22-17-6-4-3-5-15(14)17/h3-9,11,19H,10H2,1-2H3. The first-order valence-electron chi connectivity index (χ1n) is 7.07. The van der Waals surface area contributed by atoms with Gasteiger partial charge in [-0.25, -0.2) is 4.79 Å². The van der Waals surface area contributed by atoms with E-state index in [4.69, 9.17) is 4.74 Å². The number of thiophene rings is 1. The lowest BCUT2D eigenvalue weighted by Crippen LogP contribution is -2.04. The maximum atomic E-state index is 11.5. The van der Waals surface area contributed by atoms with E-state index in [2.05, 4.69) is 35.0 Å². The Kier molecular flexibility index (Phi) is 4.11. The van der Waals surface area contributed by atoms with E-state index in [0.717, 1.165) is 17.8 Å². The molecule has 3 nitrogen and oxygen atoms in total. The van der Waals surface area contributed by atoms with Crippen molar-refractivity contribution in [3.05, 3.63) is 64.5 Å². The van der Waals surface area contributed by atoms with E-state index < -0.39 is 0 Å². The highest BCUT2D eigenvalue weighted by atomic mass is 32.1. The lowest BCUT2D eigenvalue weighted by molar-refractivity contribution is 0.0600. The first-order valence-corrected chi connectivity index (χ1v) is 7.95. The lowest BCUT2D eigenvalue weighted by atomic mass is 10.1. The van der Waals surface area contributed by atoms with Crippen LogP contribution in [0.5, 0.6) is 0 Å². The molecule has 0 aliphatic rings. The Labute approximate surface area is 133 Å². The van der Waals surface area contributed by atoms with Crippen molar-refractivity contribution in [3.63, 3.8) is 0 Å². The van der Waals surface area contributed by atoms with Crippen LogP contribution in [0, 0.1) is 6.92 Å². The van der Waals surface area contributed by atoms with Crippen molar-refractivity contribution in [1.82, 2.24) is 0 Å². The molecule has 1 N–H and O–H groups in total. The molecular formula is C18H17NO2S. The minimum absolute atomic E-state index is 0.307. The second kappa shape index (κ2) is 6.20. The minimum Gasteiger partial charge on any atom is -0.465 e. The number of esters is 1. The molecule has 3 aromatic rings. The molecule has 0 saturated heterocycles. The number of benzene rings is 2. The smallest absolute Gasteiger partial charge is 0.337 e. The molecule has 4 heteroatoms. The van der Waals surface area contributed by atoms with Gasteiger partial charge in [0.05, 0.1) is 12.7 Å². The van der Waals surface area contributed by atoms with E-state index >= 15 is 0 Å². The second-order valence-corrected chi connectivity index (χ2v) is 6.04. The van der Waals surface area contributed by atoms with Gasteiger partial charge in [0.1, 0.15) is 0 Å². The molecule has 0 bridgehead atoms. The highest BCUT2D eigenvalue weighted by Gasteiger charge is 2.08. The lowest BCUT2D eigenvalue weighted by Gasteiger charge is -2.10. The first kappa shape index (κ1) is 14.6. The Bertz CT molecular complexity index is 823. The van der Waals surface area contributed by atoms with Crippen LogP contribution in [-0.2, 0) is 11.3 Å². The number of hydrogen-bond acceptors (Lipinski definition) is 4. The van der Waals surface area contributed by atoms with Crippen molar-refractivity contribution in [2.45, 2.75) is 13.5 Å². The average Bonchev–Trinajstić information content (AvgIpc) is 2.96. The molecule has 0 aliphatic heterocycles. The molecule has 0 spiro atoms.